The van der Waals surface area contributed by atoms with Crippen LogP contribution in [0.15, 0.2) is 0 Å². The van der Waals surface area contributed by atoms with Crippen LogP contribution in [-0.2, 0) is 4.79 Å². The van der Waals surface area contributed by atoms with Gasteiger partial charge in [0.25, 0.3) is 0 Å². The first kappa shape index (κ1) is 15.0. The molecule has 0 unspecified atom stereocenters. The number of rotatable bonds is 2. The van der Waals surface area contributed by atoms with Gasteiger partial charge in [-0.1, -0.05) is 26.7 Å². The molecule has 1 aliphatic heterocycles. The van der Waals surface area contributed by atoms with Crippen LogP contribution in [0, 0.1) is 28.6 Å². The summed E-state index contributed by atoms with van der Waals surface area (Å²) in [7, 11) is 0. The number of fused-ring (bicyclic) bond motifs is 5. The number of hydrogen-bond donors (Lipinski definition) is 1. The number of piperidine rings is 1. The maximum Gasteiger partial charge on any atom is 0.220 e. The predicted molar refractivity (Wildman–Crippen MR) is 89.4 cm³/mol. The fraction of sp³-hybridized carbons (Fsp3) is 0.950. The molecule has 1 heterocycles. The molecule has 6 atom stereocenters. The summed E-state index contributed by atoms with van der Waals surface area (Å²) >= 11 is 0. The van der Waals surface area contributed by atoms with Crippen LogP contribution in [0.25, 0.3) is 0 Å². The largest absolute Gasteiger partial charge is 0.353 e. The Morgan fingerprint density at radius 2 is 1.95 bits per heavy atom. The van der Waals surface area contributed by atoms with Crippen molar-refractivity contribution < 1.29 is 4.79 Å². The van der Waals surface area contributed by atoms with E-state index < -0.39 is 0 Å². The third kappa shape index (κ3) is 2.01. The summed E-state index contributed by atoms with van der Waals surface area (Å²) in [5, 5.41) is 3.35. The van der Waals surface area contributed by atoms with Crippen LogP contribution in [0.5, 0.6) is 0 Å². The molecule has 124 valence electrons. The summed E-state index contributed by atoms with van der Waals surface area (Å²) in [6, 6.07) is 0.468. The molecule has 0 radical (unpaired) electrons. The monoisotopic (exact) mass is 303 g/mol. The number of amides is 1. The number of nitrogens with one attached hydrogen (secondary N) is 1. The molecule has 1 amide bonds. The highest BCUT2D eigenvalue weighted by molar-refractivity contribution is 5.77. The number of carbonyl (C=O) groups is 1. The molecular formula is C20H33NO. The topological polar surface area (TPSA) is 29.1 Å². The Bertz CT molecular complexity index is 461. The maximum atomic E-state index is 11.8. The SMILES string of the molecule is CCC[C@@]12CCC[C@H]1[C@@H]1CC[C@H]3NC(=O)CC[C@]3(C)[C@H]1CC2. The summed E-state index contributed by atoms with van der Waals surface area (Å²) < 4.78 is 0. The van der Waals surface area contributed by atoms with Gasteiger partial charge in [0.2, 0.25) is 5.91 Å². The Hall–Kier alpha value is -0.530. The average molecular weight is 303 g/mol. The molecule has 22 heavy (non-hydrogen) atoms. The minimum absolute atomic E-state index is 0.304. The summed E-state index contributed by atoms with van der Waals surface area (Å²) in [5.74, 6) is 3.14. The van der Waals surface area contributed by atoms with E-state index in [0.717, 1.165) is 30.6 Å². The van der Waals surface area contributed by atoms with E-state index in [1.165, 1.54) is 57.8 Å². The Balaban J connectivity index is 1.61. The second-order valence-electron chi connectivity index (χ2n) is 9.12. The number of carbonyl (C=O) groups excluding carboxylic acids is 1. The first-order chi connectivity index (χ1) is 10.6. The van der Waals surface area contributed by atoms with Crippen LogP contribution in [0.4, 0.5) is 0 Å². The predicted octanol–water partition coefficient (Wildman–Crippen LogP) is 4.68. The van der Waals surface area contributed by atoms with E-state index in [-0.39, 0.29) is 0 Å². The fourth-order valence-electron chi connectivity index (χ4n) is 7.43. The number of hydrogen-bond acceptors (Lipinski definition) is 1. The van der Waals surface area contributed by atoms with Crippen LogP contribution in [0.1, 0.15) is 84.5 Å². The zero-order valence-electron chi connectivity index (χ0n) is 14.5. The highest BCUT2D eigenvalue weighted by atomic mass is 16.1. The van der Waals surface area contributed by atoms with Crippen molar-refractivity contribution in [1.82, 2.24) is 5.32 Å². The molecule has 0 aromatic heterocycles. The summed E-state index contributed by atoms with van der Waals surface area (Å²) in [6.07, 6.45) is 14.7. The Morgan fingerprint density at radius 3 is 2.77 bits per heavy atom. The van der Waals surface area contributed by atoms with E-state index in [9.17, 15) is 4.79 Å². The molecule has 1 N–H and O–H groups in total. The average Bonchev–Trinajstić information content (AvgIpc) is 2.92. The lowest BCUT2D eigenvalue weighted by atomic mass is 9.47. The van der Waals surface area contributed by atoms with E-state index in [2.05, 4.69) is 19.2 Å². The van der Waals surface area contributed by atoms with Crippen LogP contribution in [0.3, 0.4) is 0 Å². The smallest absolute Gasteiger partial charge is 0.220 e. The Kier molecular flexibility index (Phi) is 3.58. The van der Waals surface area contributed by atoms with Crippen molar-refractivity contribution in [2.45, 2.75) is 90.5 Å². The van der Waals surface area contributed by atoms with Crippen molar-refractivity contribution in [3.05, 3.63) is 0 Å². The lowest BCUT2D eigenvalue weighted by Gasteiger charge is -2.60. The Labute approximate surface area is 135 Å². The van der Waals surface area contributed by atoms with Crippen LogP contribution < -0.4 is 5.32 Å². The fourth-order valence-corrected chi connectivity index (χ4v) is 7.43. The second kappa shape index (κ2) is 5.24. The summed E-state index contributed by atoms with van der Waals surface area (Å²) in [4.78, 5) is 11.8. The lowest BCUT2D eigenvalue weighted by molar-refractivity contribution is -0.136. The van der Waals surface area contributed by atoms with Crippen molar-refractivity contribution >= 4 is 5.91 Å². The van der Waals surface area contributed by atoms with E-state index in [1.807, 2.05) is 0 Å². The van der Waals surface area contributed by atoms with Gasteiger partial charge in [-0.05, 0) is 80.0 Å². The van der Waals surface area contributed by atoms with E-state index in [0.29, 0.717) is 22.8 Å². The highest BCUT2D eigenvalue weighted by Gasteiger charge is 2.58. The van der Waals surface area contributed by atoms with Crippen molar-refractivity contribution in [3.8, 4) is 0 Å². The normalized spacial score (nSPS) is 50.7. The molecular weight excluding hydrogens is 270 g/mol. The van der Waals surface area contributed by atoms with Crippen molar-refractivity contribution in [3.63, 3.8) is 0 Å². The molecule has 3 saturated carbocycles. The van der Waals surface area contributed by atoms with Gasteiger partial charge in [0.15, 0.2) is 0 Å². The quantitative estimate of drug-likeness (QED) is 0.788. The van der Waals surface area contributed by atoms with Gasteiger partial charge >= 0.3 is 0 Å². The second-order valence-corrected chi connectivity index (χ2v) is 9.12. The van der Waals surface area contributed by atoms with Crippen LogP contribution >= 0.6 is 0 Å². The minimum atomic E-state index is 0.304. The Morgan fingerprint density at radius 1 is 1.09 bits per heavy atom. The molecule has 0 bridgehead atoms. The highest BCUT2D eigenvalue weighted by Crippen LogP contribution is 2.65. The van der Waals surface area contributed by atoms with E-state index in [4.69, 9.17) is 0 Å². The van der Waals surface area contributed by atoms with Gasteiger partial charge in [0.1, 0.15) is 0 Å². The molecule has 2 nitrogen and oxygen atoms in total. The van der Waals surface area contributed by atoms with Gasteiger partial charge in [0.05, 0.1) is 0 Å². The minimum Gasteiger partial charge on any atom is -0.353 e. The molecule has 0 aromatic rings. The van der Waals surface area contributed by atoms with Crippen molar-refractivity contribution in [2.24, 2.45) is 28.6 Å². The van der Waals surface area contributed by atoms with Gasteiger partial charge in [-0.2, -0.15) is 0 Å². The van der Waals surface area contributed by atoms with E-state index in [1.54, 1.807) is 0 Å². The molecule has 4 rings (SSSR count). The maximum absolute atomic E-state index is 11.8. The van der Waals surface area contributed by atoms with Crippen LogP contribution in [0.2, 0.25) is 0 Å². The van der Waals surface area contributed by atoms with Gasteiger partial charge in [-0.25, -0.2) is 0 Å². The van der Waals surface area contributed by atoms with Crippen molar-refractivity contribution in [1.29, 1.82) is 0 Å². The molecule has 2 heteroatoms. The molecule has 0 spiro atoms. The zero-order valence-corrected chi connectivity index (χ0v) is 14.5. The molecule has 0 aromatic carbocycles. The molecule has 4 aliphatic rings. The third-order valence-corrected chi connectivity index (χ3v) is 8.37. The zero-order chi connectivity index (χ0) is 15.4. The third-order valence-electron chi connectivity index (χ3n) is 8.37. The first-order valence-electron chi connectivity index (χ1n) is 9.88. The summed E-state index contributed by atoms with van der Waals surface area (Å²) in [6.45, 7) is 4.89. The standard InChI is InChI=1S/C20H33NO/c1-3-10-20-11-4-5-16(20)14-6-7-17-19(2,15(14)8-13-20)12-9-18(22)21-17/h14-17H,3-13H2,1-2H3,(H,21,22)/t14-,15+,16+,17-,19-,20+/m1/s1. The van der Waals surface area contributed by atoms with Gasteiger partial charge in [0, 0.05) is 12.5 Å². The lowest BCUT2D eigenvalue weighted by Crippen LogP contribution is -2.60. The summed E-state index contributed by atoms with van der Waals surface area (Å²) in [5.41, 5.74) is 1.09. The van der Waals surface area contributed by atoms with Gasteiger partial charge < -0.3 is 5.32 Å². The first-order valence-corrected chi connectivity index (χ1v) is 9.88. The van der Waals surface area contributed by atoms with Gasteiger partial charge in [-0.15, -0.1) is 0 Å². The van der Waals surface area contributed by atoms with E-state index >= 15 is 0 Å². The van der Waals surface area contributed by atoms with Gasteiger partial charge in [-0.3, -0.25) is 4.79 Å². The molecule has 1 saturated heterocycles. The van der Waals surface area contributed by atoms with Crippen molar-refractivity contribution in [2.75, 3.05) is 0 Å². The molecule has 3 aliphatic carbocycles. The molecule has 4 fully saturated rings. The van der Waals surface area contributed by atoms with Crippen LogP contribution in [-0.4, -0.2) is 11.9 Å².